The van der Waals surface area contributed by atoms with Crippen LogP contribution in [0.25, 0.3) is 10.9 Å². The first-order chi connectivity index (χ1) is 19.0. The first-order valence-electron chi connectivity index (χ1n) is 13.3. The maximum atomic E-state index is 13.6. The summed E-state index contributed by atoms with van der Waals surface area (Å²) in [6.45, 7) is 1.09. The highest BCUT2D eigenvalue weighted by atomic mass is 32.2. The number of fused-ring (bicyclic) bond motifs is 1. The SMILES string of the molecule is CCOc1cc(S(C)(=O)=O)ccc1NCC#Cc1cc2c(N[C@H]3CC[C@H](NC)CC3)cccc2n1CC(F)(F)F. The third-order valence-corrected chi connectivity index (χ3v) is 8.15. The molecule has 40 heavy (non-hydrogen) atoms. The van der Waals surface area contributed by atoms with Crippen LogP contribution in [-0.2, 0) is 16.4 Å². The zero-order chi connectivity index (χ0) is 28.9. The molecular formula is C29H35F3N4O3S. The van der Waals surface area contributed by atoms with Crippen LogP contribution in [0.4, 0.5) is 24.5 Å². The summed E-state index contributed by atoms with van der Waals surface area (Å²) in [5, 5.41) is 10.7. The van der Waals surface area contributed by atoms with E-state index in [9.17, 15) is 21.6 Å². The van der Waals surface area contributed by atoms with Gasteiger partial charge in [-0.2, -0.15) is 13.2 Å². The molecule has 0 radical (unpaired) electrons. The Kier molecular flexibility index (Phi) is 9.21. The molecule has 7 nitrogen and oxygen atoms in total. The summed E-state index contributed by atoms with van der Waals surface area (Å²) in [5.41, 5.74) is 2.08. The van der Waals surface area contributed by atoms with Crippen molar-refractivity contribution in [1.29, 1.82) is 0 Å². The lowest BCUT2D eigenvalue weighted by molar-refractivity contribution is -0.140. The molecule has 1 aromatic heterocycles. The number of nitrogens with one attached hydrogen (secondary N) is 3. The van der Waals surface area contributed by atoms with Crippen LogP contribution in [0.3, 0.4) is 0 Å². The van der Waals surface area contributed by atoms with Gasteiger partial charge in [-0.1, -0.05) is 12.0 Å². The third kappa shape index (κ3) is 7.43. The standard InChI is InChI=1S/C29H35F3N4O3S/c1-4-39-28-18-23(40(3,37)38)14-15-26(28)34-16-6-7-22-17-24-25(35-21-12-10-20(33-2)11-13-21)8-5-9-27(24)36(22)19-29(30,31)32/h5,8-9,14-15,17-18,20-21,33-35H,4,10-13,16,19H2,1-3H3/t20-,21-. The van der Waals surface area contributed by atoms with Gasteiger partial charge in [-0.3, -0.25) is 0 Å². The quantitative estimate of drug-likeness (QED) is 0.296. The van der Waals surface area contributed by atoms with E-state index in [1.54, 1.807) is 31.2 Å². The van der Waals surface area contributed by atoms with Crippen molar-refractivity contribution in [2.75, 3.05) is 37.1 Å². The van der Waals surface area contributed by atoms with Gasteiger partial charge in [0.25, 0.3) is 0 Å². The van der Waals surface area contributed by atoms with Crippen LogP contribution in [0.1, 0.15) is 38.3 Å². The molecular weight excluding hydrogens is 541 g/mol. The Labute approximate surface area is 233 Å². The first kappa shape index (κ1) is 29.6. The molecule has 0 aliphatic heterocycles. The van der Waals surface area contributed by atoms with Gasteiger partial charge in [-0.25, -0.2) is 8.42 Å². The Morgan fingerprint density at radius 3 is 2.42 bits per heavy atom. The van der Waals surface area contributed by atoms with Gasteiger partial charge in [0.15, 0.2) is 9.84 Å². The van der Waals surface area contributed by atoms with E-state index in [1.807, 2.05) is 13.1 Å². The van der Waals surface area contributed by atoms with E-state index in [0.29, 0.717) is 35.0 Å². The summed E-state index contributed by atoms with van der Waals surface area (Å²) in [7, 11) is -1.44. The first-order valence-corrected chi connectivity index (χ1v) is 15.2. The lowest BCUT2D eigenvalue weighted by atomic mass is 9.91. The fourth-order valence-electron chi connectivity index (χ4n) is 5.04. The second-order valence-electron chi connectivity index (χ2n) is 9.97. The second kappa shape index (κ2) is 12.4. The van der Waals surface area contributed by atoms with E-state index < -0.39 is 22.6 Å². The number of ether oxygens (including phenoxy) is 1. The average Bonchev–Trinajstić information content (AvgIpc) is 3.24. The van der Waals surface area contributed by atoms with Gasteiger partial charge in [0, 0.05) is 35.5 Å². The minimum Gasteiger partial charge on any atom is -0.492 e. The maximum Gasteiger partial charge on any atom is 0.406 e. The highest BCUT2D eigenvalue weighted by molar-refractivity contribution is 7.90. The van der Waals surface area contributed by atoms with Gasteiger partial charge >= 0.3 is 6.18 Å². The number of nitrogens with zero attached hydrogens (tertiary/aromatic N) is 1. The topological polar surface area (TPSA) is 84.4 Å². The minimum absolute atomic E-state index is 0.117. The molecule has 0 saturated heterocycles. The smallest absolute Gasteiger partial charge is 0.406 e. The predicted octanol–water partition coefficient (Wildman–Crippen LogP) is 5.41. The fourth-order valence-corrected chi connectivity index (χ4v) is 5.67. The number of hydrogen-bond donors (Lipinski definition) is 3. The number of alkyl halides is 3. The van der Waals surface area contributed by atoms with Crippen LogP contribution in [0.15, 0.2) is 47.4 Å². The van der Waals surface area contributed by atoms with Crippen LogP contribution >= 0.6 is 0 Å². The van der Waals surface area contributed by atoms with Crippen molar-refractivity contribution < 1.29 is 26.3 Å². The molecule has 2 aromatic carbocycles. The molecule has 3 aromatic rings. The van der Waals surface area contributed by atoms with Gasteiger partial charge < -0.3 is 25.3 Å². The van der Waals surface area contributed by atoms with E-state index in [1.165, 1.54) is 16.7 Å². The summed E-state index contributed by atoms with van der Waals surface area (Å²) in [5.74, 6) is 6.18. The Morgan fingerprint density at radius 2 is 1.77 bits per heavy atom. The van der Waals surface area contributed by atoms with E-state index >= 15 is 0 Å². The van der Waals surface area contributed by atoms with E-state index in [4.69, 9.17) is 4.74 Å². The molecule has 0 unspecified atom stereocenters. The van der Waals surface area contributed by atoms with Crippen molar-refractivity contribution in [1.82, 2.24) is 9.88 Å². The summed E-state index contributed by atoms with van der Waals surface area (Å²) in [6.07, 6.45) is 0.766. The van der Waals surface area contributed by atoms with Crippen molar-refractivity contribution in [3.05, 3.63) is 48.2 Å². The fraction of sp³-hybridized carbons (Fsp3) is 0.448. The van der Waals surface area contributed by atoms with Gasteiger partial charge in [0.05, 0.1) is 34.9 Å². The van der Waals surface area contributed by atoms with E-state index in [2.05, 4.69) is 27.8 Å². The van der Waals surface area contributed by atoms with E-state index in [-0.39, 0.29) is 23.2 Å². The van der Waals surface area contributed by atoms with Crippen LogP contribution in [0.2, 0.25) is 0 Å². The van der Waals surface area contributed by atoms with Crippen molar-refractivity contribution in [2.45, 2.75) is 62.3 Å². The predicted molar refractivity (Wildman–Crippen MR) is 153 cm³/mol. The lowest BCUT2D eigenvalue weighted by Crippen LogP contribution is -2.34. The van der Waals surface area contributed by atoms with Crippen LogP contribution in [0.5, 0.6) is 5.75 Å². The molecule has 11 heteroatoms. The van der Waals surface area contributed by atoms with Crippen molar-refractivity contribution in [2.24, 2.45) is 0 Å². The van der Waals surface area contributed by atoms with Crippen molar-refractivity contribution >= 4 is 32.1 Å². The Morgan fingerprint density at radius 1 is 1.05 bits per heavy atom. The molecule has 1 aliphatic carbocycles. The molecule has 3 N–H and O–H groups in total. The lowest BCUT2D eigenvalue weighted by Gasteiger charge is -2.29. The van der Waals surface area contributed by atoms with Crippen LogP contribution in [0, 0.1) is 11.8 Å². The van der Waals surface area contributed by atoms with Crippen LogP contribution in [-0.4, -0.2) is 57.7 Å². The molecule has 4 rings (SSSR count). The van der Waals surface area contributed by atoms with Gasteiger partial charge in [0.2, 0.25) is 0 Å². The number of aromatic nitrogens is 1. The monoisotopic (exact) mass is 576 g/mol. The van der Waals surface area contributed by atoms with Gasteiger partial charge in [0.1, 0.15) is 12.3 Å². The maximum absolute atomic E-state index is 13.6. The zero-order valence-electron chi connectivity index (χ0n) is 22.9. The molecule has 1 aliphatic rings. The Balaban J connectivity index is 1.58. The molecule has 0 amide bonds. The molecule has 1 heterocycles. The molecule has 0 spiro atoms. The number of sulfone groups is 1. The van der Waals surface area contributed by atoms with Crippen LogP contribution < -0.4 is 20.7 Å². The number of halogens is 3. The summed E-state index contributed by atoms with van der Waals surface area (Å²) >= 11 is 0. The van der Waals surface area contributed by atoms with Crippen molar-refractivity contribution in [3.63, 3.8) is 0 Å². The van der Waals surface area contributed by atoms with Gasteiger partial charge in [-0.15, -0.1) is 0 Å². The summed E-state index contributed by atoms with van der Waals surface area (Å²) < 4.78 is 71.2. The zero-order valence-corrected chi connectivity index (χ0v) is 23.7. The number of anilines is 2. The van der Waals surface area contributed by atoms with Crippen molar-refractivity contribution in [3.8, 4) is 17.6 Å². The molecule has 0 bridgehead atoms. The normalized spacial score (nSPS) is 17.8. The second-order valence-corrected chi connectivity index (χ2v) is 12.0. The average molecular weight is 577 g/mol. The third-order valence-electron chi connectivity index (χ3n) is 7.04. The summed E-state index contributed by atoms with van der Waals surface area (Å²) in [6, 6.07) is 12.3. The minimum atomic E-state index is -4.41. The largest absolute Gasteiger partial charge is 0.492 e. The molecule has 1 saturated carbocycles. The molecule has 0 atom stereocenters. The van der Waals surface area contributed by atoms with E-state index in [0.717, 1.165) is 37.6 Å². The molecule has 216 valence electrons. The highest BCUT2D eigenvalue weighted by Crippen LogP contribution is 2.32. The Bertz CT molecular complexity index is 1500. The number of hydrogen-bond acceptors (Lipinski definition) is 6. The molecule has 1 fully saturated rings. The Hall–Kier alpha value is -3.36. The number of benzene rings is 2. The number of rotatable bonds is 9. The highest BCUT2D eigenvalue weighted by Gasteiger charge is 2.30. The van der Waals surface area contributed by atoms with Gasteiger partial charge in [-0.05, 0) is 75.9 Å². The summed E-state index contributed by atoms with van der Waals surface area (Å²) in [4.78, 5) is 0.128.